The van der Waals surface area contributed by atoms with E-state index >= 15 is 0 Å². The van der Waals surface area contributed by atoms with E-state index in [1.54, 1.807) is 6.07 Å². The lowest BCUT2D eigenvalue weighted by atomic mass is 10.0. The minimum atomic E-state index is -0.259. The molecule has 0 saturated carbocycles. The van der Waals surface area contributed by atoms with Gasteiger partial charge in [-0.3, -0.25) is 4.99 Å². The molecule has 1 aliphatic heterocycles. The lowest BCUT2D eigenvalue weighted by Gasteiger charge is -2.11. The molecule has 0 bridgehead atoms. The molecule has 1 heterocycles. The molecule has 148 valence electrons. The second-order valence-electron chi connectivity index (χ2n) is 6.95. The van der Waals surface area contributed by atoms with Gasteiger partial charge in [-0.25, -0.2) is 4.79 Å². The molecule has 6 heteroatoms. The summed E-state index contributed by atoms with van der Waals surface area (Å²) < 4.78 is 0. The van der Waals surface area contributed by atoms with Gasteiger partial charge < -0.3 is 16.0 Å². The summed E-state index contributed by atoms with van der Waals surface area (Å²) in [5.74, 6) is 0. The van der Waals surface area contributed by atoms with Crippen LogP contribution in [0.5, 0.6) is 0 Å². The minimum Gasteiger partial charge on any atom is -0.383 e. The standard InChI is InChI=1S/C24H21N5O/c25-15-18-7-4-8-19(13-18)21-11-12-26-23-14-20(9-10-22(23)29-21)28-24(30)27-16-17-5-2-1-3-6-17/h1-10,13-14,26H,11-12,16H2,(H2,27,28,30). The van der Waals surface area contributed by atoms with Crippen molar-refractivity contribution in [3.63, 3.8) is 0 Å². The van der Waals surface area contributed by atoms with Crippen LogP contribution in [0, 0.1) is 11.3 Å². The summed E-state index contributed by atoms with van der Waals surface area (Å²) in [6, 6.07) is 24.8. The van der Waals surface area contributed by atoms with Crippen molar-refractivity contribution in [2.75, 3.05) is 17.2 Å². The molecule has 0 radical (unpaired) electrons. The maximum Gasteiger partial charge on any atom is 0.319 e. The Hall–Kier alpha value is -4.11. The fourth-order valence-corrected chi connectivity index (χ4v) is 3.30. The van der Waals surface area contributed by atoms with E-state index < -0.39 is 0 Å². The molecule has 1 aliphatic rings. The van der Waals surface area contributed by atoms with Crippen LogP contribution >= 0.6 is 0 Å². The van der Waals surface area contributed by atoms with Gasteiger partial charge in [-0.15, -0.1) is 0 Å². The predicted octanol–water partition coefficient (Wildman–Crippen LogP) is 4.82. The first-order chi connectivity index (χ1) is 14.7. The number of nitrogens with one attached hydrogen (secondary N) is 3. The first kappa shape index (κ1) is 19.2. The second-order valence-corrected chi connectivity index (χ2v) is 6.95. The maximum atomic E-state index is 12.2. The van der Waals surface area contributed by atoms with Gasteiger partial charge in [0, 0.05) is 25.2 Å². The number of nitrogens with zero attached hydrogens (tertiary/aromatic N) is 2. The predicted molar refractivity (Wildman–Crippen MR) is 119 cm³/mol. The quantitative estimate of drug-likeness (QED) is 0.592. The van der Waals surface area contributed by atoms with Crippen molar-refractivity contribution in [3.05, 3.63) is 89.5 Å². The van der Waals surface area contributed by atoms with Crippen LogP contribution in [0.25, 0.3) is 0 Å². The first-order valence-electron chi connectivity index (χ1n) is 9.76. The highest BCUT2D eigenvalue weighted by molar-refractivity contribution is 6.04. The fraction of sp³-hybridized carbons (Fsp3) is 0.125. The summed E-state index contributed by atoms with van der Waals surface area (Å²) in [6.45, 7) is 1.18. The number of amides is 2. The summed E-state index contributed by atoms with van der Waals surface area (Å²) in [4.78, 5) is 17.0. The molecule has 0 saturated heterocycles. The average molecular weight is 395 g/mol. The SMILES string of the molecule is N#Cc1cccc(C2=Nc3ccc(NC(=O)NCc4ccccc4)cc3NCC2)c1. The van der Waals surface area contributed by atoms with Crippen molar-refractivity contribution in [2.24, 2.45) is 4.99 Å². The van der Waals surface area contributed by atoms with E-state index in [1.807, 2.05) is 66.7 Å². The number of fused-ring (bicyclic) bond motifs is 1. The molecule has 2 amide bonds. The third kappa shape index (κ3) is 4.65. The van der Waals surface area contributed by atoms with Crippen LogP contribution in [0.15, 0.2) is 77.8 Å². The number of aliphatic imine (C=N–C) groups is 1. The first-order valence-corrected chi connectivity index (χ1v) is 9.76. The normalized spacial score (nSPS) is 12.4. The molecule has 0 atom stereocenters. The van der Waals surface area contributed by atoms with E-state index in [9.17, 15) is 4.79 Å². The maximum absolute atomic E-state index is 12.2. The topological polar surface area (TPSA) is 89.3 Å². The van der Waals surface area contributed by atoms with Gasteiger partial charge in [-0.05, 0) is 41.5 Å². The summed E-state index contributed by atoms with van der Waals surface area (Å²) in [6.07, 6.45) is 0.740. The molecule has 0 aromatic heterocycles. The molecule has 0 aliphatic carbocycles. The number of hydrogen-bond donors (Lipinski definition) is 3. The zero-order chi connectivity index (χ0) is 20.8. The monoisotopic (exact) mass is 395 g/mol. The second kappa shape index (κ2) is 8.93. The Balaban J connectivity index is 1.47. The summed E-state index contributed by atoms with van der Waals surface area (Å²) in [5.41, 5.74) is 5.90. The minimum absolute atomic E-state index is 0.259. The summed E-state index contributed by atoms with van der Waals surface area (Å²) in [5, 5.41) is 18.2. The zero-order valence-corrected chi connectivity index (χ0v) is 16.4. The number of rotatable bonds is 4. The highest BCUT2D eigenvalue weighted by Gasteiger charge is 2.13. The van der Waals surface area contributed by atoms with Crippen LogP contribution in [-0.2, 0) is 6.54 Å². The van der Waals surface area contributed by atoms with Crippen molar-refractivity contribution in [3.8, 4) is 6.07 Å². The van der Waals surface area contributed by atoms with E-state index in [0.29, 0.717) is 24.3 Å². The molecule has 6 nitrogen and oxygen atoms in total. The van der Waals surface area contributed by atoms with E-state index in [1.165, 1.54) is 0 Å². The Labute approximate surface area is 175 Å². The molecule has 0 spiro atoms. The van der Waals surface area contributed by atoms with Gasteiger partial charge in [0.25, 0.3) is 0 Å². The Kier molecular flexibility index (Phi) is 5.72. The highest BCUT2D eigenvalue weighted by Crippen LogP contribution is 2.31. The third-order valence-electron chi connectivity index (χ3n) is 4.81. The molecule has 0 fully saturated rings. The smallest absolute Gasteiger partial charge is 0.319 e. The Morgan fingerprint density at radius 1 is 1.07 bits per heavy atom. The molecular weight excluding hydrogens is 374 g/mol. The number of anilines is 2. The van der Waals surface area contributed by atoms with Gasteiger partial charge in [-0.2, -0.15) is 5.26 Å². The van der Waals surface area contributed by atoms with Crippen LogP contribution < -0.4 is 16.0 Å². The largest absolute Gasteiger partial charge is 0.383 e. The van der Waals surface area contributed by atoms with Crippen LogP contribution in [0.4, 0.5) is 21.9 Å². The van der Waals surface area contributed by atoms with Crippen molar-refractivity contribution in [1.82, 2.24) is 5.32 Å². The van der Waals surface area contributed by atoms with E-state index in [-0.39, 0.29) is 6.03 Å². The zero-order valence-electron chi connectivity index (χ0n) is 16.4. The van der Waals surface area contributed by atoms with Gasteiger partial charge in [-0.1, -0.05) is 42.5 Å². The number of benzene rings is 3. The van der Waals surface area contributed by atoms with Gasteiger partial charge >= 0.3 is 6.03 Å². The Bertz CT molecular complexity index is 1130. The van der Waals surface area contributed by atoms with Gasteiger partial charge in [0.1, 0.15) is 0 Å². The van der Waals surface area contributed by atoms with Crippen molar-refractivity contribution in [1.29, 1.82) is 5.26 Å². The third-order valence-corrected chi connectivity index (χ3v) is 4.81. The average Bonchev–Trinajstić information content (AvgIpc) is 3.00. The van der Waals surface area contributed by atoms with Crippen LogP contribution in [-0.4, -0.2) is 18.3 Å². The number of carbonyl (C=O) groups is 1. The van der Waals surface area contributed by atoms with E-state index in [2.05, 4.69) is 22.0 Å². The molecule has 3 N–H and O–H groups in total. The Morgan fingerprint density at radius 3 is 2.77 bits per heavy atom. The number of carbonyl (C=O) groups excluding carboxylic acids is 1. The molecule has 0 unspecified atom stereocenters. The van der Waals surface area contributed by atoms with Gasteiger partial charge in [0.2, 0.25) is 0 Å². The molecule has 30 heavy (non-hydrogen) atoms. The van der Waals surface area contributed by atoms with Crippen molar-refractivity contribution in [2.45, 2.75) is 13.0 Å². The lowest BCUT2D eigenvalue weighted by molar-refractivity contribution is 0.251. The molecule has 4 rings (SSSR count). The Morgan fingerprint density at radius 2 is 1.93 bits per heavy atom. The summed E-state index contributed by atoms with van der Waals surface area (Å²) >= 11 is 0. The molecule has 3 aromatic rings. The number of urea groups is 1. The fourth-order valence-electron chi connectivity index (χ4n) is 3.30. The van der Waals surface area contributed by atoms with Gasteiger partial charge in [0.05, 0.1) is 28.7 Å². The van der Waals surface area contributed by atoms with Crippen molar-refractivity contribution < 1.29 is 4.79 Å². The van der Waals surface area contributed by atoms with Crippen molar-refractivity contribution >= 4 is 28.8 Å². The highest BCUT2D eigenvalue weighted by atomic mass is 16.2. The molecular formula is C24H21N5O. The van der Waals surface area contributed by atoms with E-state index in [4.69, 9.17) is 10.3 Å². The van der Waals surface area contributed by atoms with Gasteiger partial charge in [0.15, 0.2) is 0 Å². The van der Waals surface area contributed by atoms with E-state index in [0.717, 1.165) is 34.6 Å². The summed E-state index contributed by atoms with van der Waals surface area (Å²) in [7, 11) is 0. The lowest BCUT2D eigenvalue weighted by Crippen LogP contribution is -2.28. The van der Waals surface area contributed by atoms with Crippen LogP contribution in [0.3, 0.4) is 0 Å². The number of nitriles is 1. The number of hydrogen-bond acceptors (Lipinski definition) is 4. The molecule has 3 aromatic carbocycles. The van der Waals surface area contributed by atoms with Crippen LogP contribution in [0.2, 0.25) is 0 Å². The van der Waals surface area contributed by atoms with Crippen LogP contribution in [0.1, 0.15) is 23.1 Å².